The molecule has 2 aromatic heterocycles. The summed E-state index contributed by atoms with van der Waals surface area (Å²) in [6.07, 6.45) is 0.703. The summed E-state index contributed by atoms with van der Waals surface area (Å²) in [7, 11) is 0. The molecule has 2 heterocycles. The Morgan fingerprint density at radius 3 is 2.37 bits per heavy atom. The summed E-state index contributed by atoms with van der Waals surface area (Å²) in [5.41, 5.74) is 2.83. The Kier molecular flexibility index (Phi) is 6.39. The summed E-state index contributed by atoms with van der Waals surface area (Å²) >= 11 is 0. The highest BCUT2D eigenvalue weighted by Crippen LogP contribution is 2.17. The van der Waals surface area contributed by atoms with Crippen LogP contribution in [0.25, 0.3) is 16.7 Å². The van der Waals surface area contributed by atoms with E-state index in [-0.39, 0.29) is 23.8 Å². The molecule has 3 aromatic carbocycles. The number of carbonyl (C=O) groups is 1. The van der Waals surface area contributed by atoms with Gasteiger partial charge in [0.25, 0.3) is 5.56 Å². The Labute approximate surface area is 203 Å². The van der Waals surface area contributed by atoms with E-state index in [0.717, 1.165) is 11.1 Å². The van der Waals surface area contributed by atoms with Gasteiger partial charge in [-0.15, -0.1) is 10.2 Å². The Morgan fingerprint density at radius 1 is 0.914 bits per heavy atom. The maximum atomic E-state index is 13.3. The molecule has 0 aliphatic rings. The highest BCUT2D eigenvalue weighted by molar-refractivity contribution is 5.80. The van der Waals surface area contributed by atoms with Crippen molar-refractivity contribution in [1.29, 1.82) is 0 Å². The Balaban J connectivity index is 1.39. The minimum absolute atomic E-state index is 0.0357. The third-order valence-electron chi connectivity index (χ3n) is 6.31. The molecule has 7 heteroatoms. The number of fused-ring (bicyclic) bond motifs is 3. The van der Waals surface area contributed by atoms with Gasteiger partial charge in [-0.3, -0.25) is 18.6 Å². The van der Waals surface area contributed by atoms with E-state index in [4.69, 9.17) is 0 Å². The highest BCUT2D eigenvalue weighted by atomic mass is 16.1. The first kappa shape index (κ1) is 22.5. The van der Waals surface area contributed by atoms with Gasteiger partial charge < -0.3 is 5.32 Å². The molecule has 1 amide bonds. The van der Waals surface area contributed by atoms with E-state index < -0.39 is 0 Å². The van der Waals surface area contributed by atoms with Gasteiger partial charge in [-0.25, -0.2) is 0 Å². The lowest BCUT2D eigenvalue weighted by atomic mass is 10.0. The highest BCUT2D eigenvalue weighted by Gasteiger charge is 2.17. The van der Waals surface area contributed by atoms with Gasteiger partial charge >= 0.3 is 0 Å². The van der Waals surface area contributed by atoms with Crippen molar-refractivity contribution in [3.8, 4) is 0 Å². The van der Waals surface area contributed by atoms with Crippen LogP contribution in [0.5, 0.6) is 0 Å². The van der Waals surface area contributed by atoms with Crippen LogP contribution in [0.1, 0.15) is 36.2 Å². The summed E-state index contributed by atoms with van der Waals surface area (Å²) in [5, 5.41) is 12.4. The molecule has 0 unspecified atom stereocenters. The Hall–Kier alpha value is -4.26. The molecule has 35 heavy (non-hydrogen) atoms. The van der Waals surface area contributed by atoms with Crippen LogP contribution in [0.3, 0.4) is 0 Å². The number of benzene rings is 3. The molecule has 0 saturated carbocycles. The number of amides is 1. The van der Waals surface area contributed by atoms with Crippen LogP contribution in [0.2, 0.25) is 0 Å². The monoisotopic (exact) mass is 465 g/mol. The van der Waals surface area contributed by atoms with Gasteiger partial charge in [-0.1, -0.05) is 79.7 Å². The van der Waals surface area contributed by atoms with E-state index in [9.17, 15) is 9.59 Å². The number of aromatic nitrogens is 4. The fraction of sp³-hybridized carbons (Fsp3) is 0.214. The van der Waals surface area contributed by atoms with E-state index in [1.165, 1.54) is 5.56 Å². The summed E-state index contributed by atoms with van der Waals surface area (Å²) in [6.45, 7) is 3.06. The Bertz CT molecular complexity index is 1520. The molecular formula is C28H27N5O2. The van der Waals surface area contributed by atoms with Crippen LogP contribution in [0.15, 0.2) is 89.7 Å². The summed E-state index contributed by atoms with van der Waals surface area (Å²) in [5.74, 6) is 1.33. The molecule has 0 aliphatic carbocycles. The topological polar surface area (TPSA) is 81.3 Å². The van der Waals surface area contributed by atoms with Crippen LogP contribution in [0, 0.1) is 0 Å². The second kappa shape index (κ2) is 9.93. The van der Waals surface area contributed by atoms with Crippen LogP contribution < -0.4 is 10.9 Å². The lowest BCUT2D eigenvalue weighted by Gasteiger charge is -2.13. The summed E-state index contributed by atoms with van der Waals surface area (Å²) in [6, 6.07) is 27.4. The van der Waals surface area contributed by atoms with Crippen LogP contribution in [0.4, 0.5) is 0 Å². The second-order valence-corrected chi connectivity index (χ2v) is 8.76. The molecule has 5 aromatic rings. The molecule has 0 bridgehead atoms. The van der Waals surface area contributed by atoms with E-state index in [1.807, 2.05) is 77.2 Å². The van der Waals surface area contributed by atoms with E-state index >= 15 is 0 Å². The summed E-state index contributed by atoms with van der Waals surface area (Å²) < 4.78 is 3.55. The molecule has 0 aliphatic heterocycles. The molecule has 176 valence electrons. The first-order chi connectivity index (χ1) is 17.1. The summed E-state index contributed by atoms with van der Waals surface area (Å²) in [4.78, 5) is 25.9. The van der Waals surface area contributed by atoms with Gasteiger partial charge in [0.05, 0.1) is 17.4 Å². The fourth-order valence-corrected chi connectivity index (χ4v) is 4.36. The molecule has 1 atom stereocenters. The van der Waals surface area contributed by atoms with E-state index in [2.05, 4.69) is 34.6 Å². The number of hydrogen-bond donors (Lipinski definition) is 1. The normalized spacial score (nSPS) is 12.1. The molecule has 0 fully saturated rings. The number of nitrogens with zero attached hydrogens (tertiary/aromatic N) is 4. The number of aryl methyl sites for hydroxylation is 1. The van der Waals surface area contributed by atoms with Crippen molar-refractivity contribution >= 4 is 22.6 Å². The standard InChI is InChI=1S/C28H27N5O2/c1-20(22-12-6-3-7-13-22)18-29-26(34)17-16-25-30-31-28-32(19-21-10-4-2-5-11-21)27(35)23-14-8-9-15-24(23)33(25)28/h2-15,20H,16-19H2,1H3,(H,29,34)/t20-/m0/s1. The number of nitrogens with one attached hydrogen (secondary N) is 1. The second-order valence-electron chi connectivity index (χ2n) is 8.76. The molecule has 0 spiro atoms. The molecule has 1 N–H and O–H groups in total. The zero-order valence-electron chi connectivity index (χ0n) is 19.6. The van der Waals surface area contributed by atoms with E-state index in [1.54, 1.807) is 4.57 Å². The predicted molar refractivity (Wildman–Crippen MR) is 136 cm³/mol. The van der Waals surface area contributed by atoms with Crippen LogP contribution in [-0.2, 0) is 17.8 Å². The van der Waals surface area contributed by atoms with Gasteiger partial charge in [-0.2, -0.15) is 0 Å². The van der Waals surface area contributed by atoms with Crippen molar-refractivity contribution in [2.75, 3.05) is 6.54 Å². The average molecular weight is 466 g/mol. The average Bonchev–Trinajstić information content (AvgIpc) is 3.33. The van der Waals surface area contributed by atoms with Gasteiger partial charge in [0.1, 0.15) is 5.82 Å². The number of hydrogen-bond acceptors (Lipinski definition) is 4. The predicted octanol–water partition coefficient (Wildman–Crippen LogP) is 3.95. The fourth-order valence-electron chi connectivity index (χ4n) is 4.36. The van der Waals surface area contributed by atoms with Gasteiger partial charge in [0.2, 0.25) is 11.7 Å². The van der Waals surface area contributed by atoms with Crippen LogP contribution >= 0.6 is 0 Å². The maximum Gasteiger partial charge on any atom is 0.263 e. The van der Waals surface area contributed by atoms with Gasteiger partial charge in [-0.05, 0) is 29.2 Å². The van der Waals surface area contributed by atoms with E-state index in [0.29, 0.717) is 36.5 Å². The van der Waals surface area contributed by atoms with Crippen molar-refractivity contribution in [2.45, 2.75) is 32.2 Å². The van der Waals surface area contributed by atoms with Crippen molar-refractivity contribution < 1.29 is 4.79 Å². The smallest absolute Gasteiger partial charge is 0.263 e. The third-order valence-corrected chi connectivity index (χ3v) is 6.31. The largest absolute Gasteiger partial charge is 0.355 e. The van der Waals surface area contributed by atoms with Crippen molar-refractivity contribution in [1.82, 2.24) is 24.5 Å². The quantitative estimate of drug-likeness (QED) is 0.376. The van der Waals surface area contributed by atoms with Gasteiger partial charge in [0.15, 0.2) is 0 Å². The number of rotatable bonds is 8. The SMILES string of the molecule is C[C@@H](CNC(=O)CCc1nnc2n(Cc3ccccc3)c(=O)c3ccccc3n12)c1ccccc1. The lowest BCUT2D eigenvalue weighted by Crippen LogP contribution is -2.28. The van der Waals surface area contributed by atoms with Crippen LogP contribution in [-0.4, -0.2) is 31.6 Å². The Morgan fingerprint density at radius 2 is 1.60 bits per heavy atom. The molecule has 7 nitrogen and oxygen atoms in total. The molecule has 0 radical (unpaired) electrons. The number of carbonyl (C=O) groups excluding carboxylic acids is 1. The first-order valence-corrected chi connectivity index (χ1v) is 11.8. The van der Waals surface area contributed by atoms with Crippen molar-refractivity contribution in [3.63, 3.8) is 0 Å². The molecular weight excluding hydrogens is 438 g/mol. The van der Waals surface area contributed by atoms with Crippen molar-refractivity contribution in [3.05, 3.63) is 112 Å². The molecule has 0 saturated heterocycles. The third kappa shape index (κ3) is 4.71. The molecule has 5 rings (SSSR count). The first-order valence-electron chi connectivity index (χ1n) is 11.8. The number of para-hydroxylation sites is 1. The van der Waals surface area contributed by atoms with Crippen molar-refractivity contribution in [2.24, 2.45) is 0 Å². The lowest BCUT2D eigenvalue weighted by molar-refractivity contribution is -0.121. The van der Waals surface area contributed by atoms with Gasteiger partial charge in [0, 0.05) is 19.4 Å². The minimum atomic E-state index is -0.108. The zero-order valence-corrected chi connectivity index (χ0v) is 19.6. The zero-order chi connectivity index (χ0) is 24.2. The minimum Gasteiger partial charge on any atom is -0.355 e. The maximum absolute atomic E-state index is 13.3.